The summed E-state index contributed by atoms with van der Waals surface area (Å²) in [5.41, 5.74) is 8.26. The summed E-state index contributed by atoms with van der Waals surface area (Å²) >= 11 is 5.70. The molecule has 0 N–H and O–H groups in total. The standard InChI is InChI=1S/C45H41BrS/c1-2-3-29-45(36-19-6-4-7-20-36,37-21-8-5-9-22-37)30-15-27-39(35-18-13-23-38(46)32-35)33-16-12-17-34(31-33)40-25-14-26-42-41-24-10-11-28-43(41)47-44(40)42/h4-14,16-26,28,31-32,39H,2-3,15,27,29-30H2,1H3. The number of hydrogen-bond donors (Lipinski definition) is 0. The fraction of sp³-hybridized carbons (Fsp3) is 0.200. The lowest BCUT2D eigenvalue weighted by molar-refractivity contribution is 0.398. The highest BCUT2D eigenvalue weighted by Gasteiger charge is 2.33. The number of fused-ring (bicyclic) bond motifs is 3. The molecular formula is C45H41BrS. The van der Waals surface area contributed by atoms with Crippen molar-refractivity contribution in [1.29, 1.82) is 0 Å². The fourth-order valence-electron chi connectivity index (χ4n) is 7.62. The Morgan fingerprint density at radius 1 is 0.596 bits per heavy atom. The Bertz CT molecular complexity index is 2040. The Morgan fingerprint density at radius 2 is 1.21 bits per heavy atom. The van der Waals surface area contributed by atoms with Crippen LogP contribution in [0, 0.1) is 0 Å². The Labute approximate surface area is 292 Å². The molecule has 1 atom stereocenters. The van der Waals surface area contributed by atoms with Crippen molar-refractivity contribution in [3.63, 3.8) is 0 Å². The summed E-state index contributed by atoms with van der Waals surface area (Å²) < 4.78 is 3.86. The van der Waals surface area contributed by atoms with Gasteiger partial charge in [0.2, 0.25) is 0 Å². The molecule has 1 aromatic heterocycles. The Balaban J connectivity index is 1.26. The maximum Gasteiger partial charge on any atom is 0.0433 e. The van der Waals surface area contributed by atoms with Crippen molar-refractivity contribution in [1.82, 2.24) is 0 Å². The van der Waals surface area contributed by atoms with Crippen LogP contribution in [0.1, 0.15) is 73.6 Å². The van der Waals surface area contributed by atoms with E-state index in [0.29, 0.717) is 5.92 Å². The summed E-state index contributed by atoms with van der Waals surface area (Å²) in [7, 11) is 0. The van der Waals surface area contributed by atoms with E-state index in [9.17, 15) is 0 Å². The normalized spacial score (nSPS) is 12.5. The summed E-state index contributed by atoms with van der Waals surface area (Å²) in [6.45, 7) is 2.32. The molecular weight excluding hydrogens is 652 g/mol. The number of rotatable bonds is 12. The Kier molecular flexibility index (Phi) is 9.70. The molecule has 0 amide bonds. The molecule has 0 saturated carbocycles. The van der Waals surface area contributed by atoms with Gasteiger partial charge in [0.05, 0.1) is 0 Å². The maximum atomic E-state index is 3.79. The van der Waals surface area contributed by atoms with Crippen LogP contribution in [0.15, 0.2) is 156 Å². The van der Waals surface area contributed by atoms with Crippen LogP contribution in [-0.4, -0.2) is 0 Å². The Hall–Kier alpha value is -3.98. The van der Waals surface area contributed by atoms with E-state index in [0.717, 1.165) is 30.2 Å². The van der Waals surface area contributed by atoms with Crippen molar-refractivity contribution in [2.24, 2.45) is 0 Å². The first-order valence-corrected chi connectivity index (χ1v) is 18.6. The largest absolute Gasteiger partial charge is 0.135 e. The molecule has 0 saturated heterocycles. The van der Waals surface area contributed by atoms with Gasteiger partial charge in [0.1, 0.15) is 0 Å². The average Bonchev–Trinajstić information content (AvgIpc) is 3.51. The third kappa shape index (κ3) is 6.59. The van der Waals surface area contributed by atoms with Crippen molar-refractivity contribution in [3.05, 3.63) is 178 Å². The summed E-state index contributed by atoms with van der Waals surface area (Å²) in [6, 6.07) is 56.5. The number of hydrogen-bond acceptors (Lipinski definition) is 1. The molecule has 7 rings (SSSR count). The first-order valence-electron chi connectivity index (χ1n) is 17.0. The fourth-order valence-corrected chi connectivity index (χ4v) is 9.27. The lowest BCUT2D eigenvalue weighted by Gasteiger charge is -2.36. The molecule has 0 aliphatic carbocycles. The smallest absolute Gasteiger partial charge is 0.0433 e. The molecule has 0 fully saturated rings. The average molecular weight is 694 g/mol. The second kappa shape index (κ2) is 14.4. The second-order valence-electron chi connectivity index (χ2n) is 12.8. The zero-order chi connectivity index (χ0) is 32.1. The third-order valence-electron chi connectivity index (χ3n) is 9.96. The van der Waals surface area contributed by atoms with Gasteiger partial charge < -0.3 is 0 Å². The molecule has 0 spiro atoms. The predicted octanol–water partition coefficient (Wildman–Crippen LogP) is 14.0. The molecule has 1 heterocycles. The zero-order valence-electron chi connectivity index (χ0n) is 27.0. The number of unbranched alkanes of at least 4 members (excludes halogenated alkanes) is 1. The van der Waals surface area contributed by atoms with Crippen molar-refractivity contribution in [3.8, 4) is 11.1 Å². The van der Waals surface area contributed by atoms with Gasteiger partial charge in [-0.2, -0.15) is 0 Å². The van der Waals surface area contributed by atoms with Crippen LogP contribution in [0.2, 0.25) is 0 Å². The van der Waals surface area contributed by atoms with Crippen molar-refractivity contribution in [2.45, 2.75) is 56.8 Å². The molecule has 2 heteroatoms. The highest BCUT2D eigenvalue weighted by molar-refractivity contribution is 9.10. The molecule has 0 nitrogen and oxygen atoms in total. The van der Waals surface area contributed by atoms with Crippen LogP contribution in [0.3, 0.4) is 0 Å². The van der Waals surface area contributed by atoms with E-state index in [1.165, 1.54) is 66.4 Å². The van der Waals surface area contributed by atoms with Gasteiger partial charge in [-0.25, -0.2) is 0 Å². The van der Waals surface area contributed by atoms with Crippen LogP contribution in [0.25, 0.3) is 31.3 Å². The summed E-state index contributed by atoms with van der Waals surface area (Å²) in [5, 5.41) is 2.70. The zero-order valence-corrected chi connectivity index (χ0v) is 29.4. The molecule has 47 heavy (non-hydrogen) atoms. The van der Waals surface area contributed by atoms with Crippen LogP contribution >= 0.6 is 27.3 Å². The van der Waals surface area contributed by atoms with Crippen molar-refractivity contribution in [2.75, 3.05) is 0 Å². The highest BCUT2D eigenvalue weighted by Crippen LogP contribution is 2.44. The minimum absolute atomic E-state index is 0.000971. The first kappa shape index (κ1) is 31.6. The molecule has 0 bridgehead atoms. The van der Waals surface area contributed by atoms with E-state index in [1.54, 1.807) is 0 Å². The van der Waals surface area contributed by atoms with Crippen LogP contribution in [0.5, 0.6) is 0 Å². The number of benzene rings is 6. The van der Waals surface area contributed by atoms with Gasteiger partial charge in [-0.1, -0.05) is 176 Å². The molecule has 0 aliphatic rings. The molecule has 1 unspecified atom stereocenters. The van der Waals surface area contributed by atoms with E-state index < -0.39 is 0 Å². The van der Waals surface area contributed by atoms with Gasteiger partial charge in [-0.3, -0.25) is 0 Å². The molecule has 6 aromatic carbocycles. The van der Waals surface area contributed by atoms with Gasteiger partial charge in [-0.05, 0) is 70.8 Å². The minimum Gasteiger partial charge on any atom is -0.135 e. The van der Waals surface area contributed by atoms with Gasteiger partial charge in [0.15, 0.2) is 0 Å². The van der Waals surface area contributed by atoms with Crippen LogP contribution < -0.4 is 0 Å². The molecule has 0 radical (unpaired) electrons. The SMILES string of the molecule is CCCCC(CCCC(c1cccc(Br)c1)c1cccc(-c2cccc3c2sc2ccccc23)c1)(c1ccccc1)c1ccccc1. The third-order valence-corrected chi connectivity index (χ3v) is 11.7. The van der Waals surface area contributed by atoms with Gasteiger partial charge in [0.25, 0.3) is 0 Å². The van der Waals surface area contributed by atoms with E-state index in [-0.39, 0.29) is 5.41 Å². The molecule has 0 aliphatic heterocycles. The van der Waals surface area contributed by atoms with Gasteiger partial charge >= 0.3 is 0 Å². The predicted molar refractivity (Wildman–Crippen MR) is 208 cm³/mol. The highest BCUT2D eigenvalue weighted by atomic mass is 79.9. The van der Waals surface area contributed by atoms with Gasteiger partial charge in [-0.15, -0.1) is 11.3 Å². The summed E-state index contributed by atoms with van der Waals surface area (Å²) in [6.07, 6.45) is 6.90. The molecule has 7 aromatic rings. The van der Waals surface area contributed by atoms with E-state index >= 15 is 0 Å². The lowest BCUT2D eigenvalue weighted by atomic mass is 9.67. The number of halogens is 1. The van der Waals surface area contributed by atoms with Crippen molar-refractivity contribution >= 4 is 47.4 Å². The Morgan fingerprint density at radius 3 is 1.94 bits per heavy atom. The first-order chi connectivity index (χ1) is 23.2. The van der Waals surface area contributed by atoms with E-state index in [4.69, 9.17) is 0 Å². The monoisotopic (exact) mass is 692 g/mol. The van der Waals surface area contributed by atoms with Gasteiger partial charge in [0, 0.05) is 36.0 Å². The molecule has 234 valence electrons. The summed E-state index contributed by atoms with van der Waals surface area (Å²) in [5.74, 6) is 0.296. The topological polar surface area (TPSA) is 0 Å². The lowest BCUT2D eigenvalue weighted by Crippen LogP contribution is -2.28. The quantitative estimate of drug-likeness (QED) is 0.120. The summed E-state index contributed by atoms with van der Waals surface area (Å²) in [4.78, 5) is 0. The van der Waals surface area contributed by atoms with Crippen LogP contribution in [0.4, 0.5) is 0 Å². The maximum absolute atomic E-state index is 3.79. The van der Waals surface area contributed by atoms with Crippen LogP contribution in [-0.2, 0) is 5.41 Å². The van der Waals surface area contributed by atoms with E-state index in [2.05, 4.69) is 175 Å². The second-order valence-corrected chi connectivity index (χ2v) is 14.8. The van der Waals surface area contributed by atoms with Crippen molar-refractivity contribution < 1.29 is 0 Å². The minimum atomic E-state index is -0.000971. The number of thiophene rings is 1. The van der Waals surface area contributed by atoms with E-state index in [1.807, 2.05) is 11.3 Å².